The molecule has 0 atom stereocenters. The second kappa shape index (κ2) is 5.80. The lowest BCUT2D eigenvalue weighted by Gasteiger charge is -2.13. The quantitative estimate of drug-likeness (QED) is 0.771. The Hall–Kier alpha value is -1.61. The van der Waals surface area contributed by atoms with Crippen molar-refractivity contribution < 1.29 is 9.53 Å². The third-order valence-electron chi connectivity index (χ3n) is 3.56. The zero-order valence-electron chi connectivity index (χ0n) is 12.7. The highest BCUT2D eigenvalue weighted by Gasteiger charge is 2.14. The lowest BCUT2D eigenvalue weighted by atomic mass is 10.1. The van der Waals surface area contributed by atoms with Crippen molar-refractivity contribution in [2.24, 2.45) is 0 Å². The van der Waals surface area contributed by atoms with Crippen molar-refractivity contribution in [1.29, 1.82) is 0 Å². The predicted octanol–water partition coefficient (Wildman–Crippen LogP) is 4.55. The number of benzene rings is 1. The summed E-state index contributed by atoms with van der Waals surface area (Å²) in [5.41, 5.74) is 4.14. The first-order valence-electron chi connectivity index (χ1n) is 6.70. The van der Waals surface area contributed by atoms with E-state index >= 15 is 0 Å². The van der Waals surface area contributed by atoms with Gasteiger partial charge in [0, 0.05) is 15.3 Å². The van der Waals surface area contributed by atoms with E-state index in [-0.39, 0.29) is 12.4 Å². The van der Waals surface area contributed by atoms with Crippen molar-refractivity contribution in [2.75, 3.05) is 6.61 Å². The van der Waals surface area contributed by atoms with E-state index in [0.717, 1.165) is 32.2 Å². The molecule has 0 saturated carbocycles. The van der Waals surface area contributed by atoms with Crippen LogP contribution in [-0.4, -0.2) is 12.4 Å². The Kier molecular flexibility index (Phi) is 4.29. The van der Waals surface area contributed by atoms with Crippen LogP contribution >= 0.6 is 11.3 Å². The average Bonchev–Trinajstić information content (AvgIpc) is 2.73. The van der Waals surface area contributed by atoms with Crippen molar-refractivity contribution in [3.05, 3.63) is 50.2 Å². The van der Waals surface area contributed by atoms with Crippen LogP contribution in [0.2, 0.25) is 0 Å². The van der Waals surface area contributed by atoms with Crippen LogP contribution < -0.4 is 4.74 Å². The molecule has 2 aromatic rings. The van der Waals surface area contributed by atoms with Gasteiger partial charge >= 0.3 is 0 Å². The van der Waals surface area contributed by atoms with Gasteiger partial charge in [-0.05, 0) is 57.4 Å². The summed E-state index contributed by atoms with van der Waals surface area (Å²) in [7, 11) is 0. The third kappa shape index (κ3) is 2.93. The Labute approximate surface area is 124 Å². The summed E-state index contributed by atoms with van der Waals surface area (Å²) in [5, 5.41) is 0. The molecule has 0 N–H and O–H groups in total. The van der Waals surface area contributed by atoms with Crippen LogP contribution in [0.1, 0.15) is 36.8 Å². The van der Waals surface area contributed by atoms with Gasteiger partial charge in [-0.2, -0.15) is 0 Å². The van der Waals surface area contributed by atoms with E-state index < -0.39 is 0 Å². The number of ether oxygens (including phenoxy) is 1. The minimum atomic E-state index is 0.0483. The van der Waals surface area contributed by atoms with Crippen LogP contribution in [0.4, 0.5) is 0 Å². The van der Waals surface area contributed by atoms with Crippen molar-refractivity contribution in [1.82, 2.24) is 0 Å². The number of hydrogen-bond acceptors (Lipinski definition) is 3. The number of ketones is 1. The molecule has 0 aliphatic heterocycles. The zero-order chi connectivity index (χ0) is 14.9. The summed E-state index contributed by atoms with van der Waals surface area (Å²) in [6.45, 7) is 10.2. The Morgan fingerprint density at radius 1 is 1.10 bits per heavy atom. The summed E-state index contributed by atoms with van der Waals surface area (Å²) < 4.78 is 5.78. The van der Waals surface area contributed by atoms with Crippen LogP contribution in [0.25, 0.3) is 0 Å². The first-order chi connectivity index (χ1) is 9.40. The molecule has 0 bridgehead atoms. The van der Waals surface area contributed by atoms with Crippen LogP contribution in [0.15, 0.2) is 18.2 Å². The molecule has 0 radical (unpaired) electrons. The highest BCUT2D eigenvalue weighted by atomic mass is 32.1. The number of thiophene rings is 1. The lowest BCUT2D eigenvalue weighted by molar-refractivity contribution is 0.0920. The predicted molar refractivity (Wildman–Crippen MR) is 84.3 cm³/mol. The topological polar surface area (TPSA) is 26.3 Å². The van der Waals surface area contributed by atoms with Crippen molar-refractivity contribution in [3.8, 4) is 5.75 Å². The largest absolute Gasteiger partial charge is 0.485 e. The Morgan fingerprint density at radius 2 is 1.75 bits per heavy atom. The molecule has 0 unspecified atom stereocenters. The molecule has 0 amide bonds. The summed E-state index contributed by atoms with van der Waals surface area (Å²) >= 11 is 1.65. The van der Waals surface area contributed by atoms with E-state index in [1.165, 1.54) is 5.56 Å². The molecule has 1 heterocycles. The first kappa shape index (κ1) is 14.8. The summed E-state index contributed by atoms with van der Waals surface area (Å²) in [6, 6.07) is 6.05. The molecule has 3 heteroatoms. The Bertz CT molecular complexity index is 653. The van der Waals surface area contributed by atoms with Crippen LogP contribution in [0, 0.1) is 34.6 Å². The smallest absolute Gasteiger partial charge is 0.201 e. The van der Waals surface area contributed by atoms with Gasteiger partial charge in [0.25, 0.3) is 0 Å². The monoisotopic (exact) mass is 288 g/mol. The molecule has 0 aliphatic rings. The van der Waals surface area contributed by atoms with Crippen molar-refractivity contribution >= 4 is 17.1 Å². The van der Waals surface area contributed by atoms with E-state index in [2.05, 4.69) is 13.0 Å². The Balaban J connectivity index is 2.15. The molecular formula is C17H20O2S. The van der Waals surface area contributed by atoms with Gasteiger partial charge in [0.15, 0.2) is 6.61 Å². The molecule has 0 aliphatic carbocycles. The molecule has 1 aromatic carbocycles. The van der Waals surface area contributed by atoms with E-state index in [1.807, 2.05) is 39.8 Å². The maximum Gasteiger partial charge on any atom is 0.201 e. The maximum atomic E-state index is 12.2. The fourth-order valence-electron chi connectivity index (χ4n) is 2.27. The van der Waals surface area contributed by atoms with Gasteiger partial charge in [0.2, 0.25) is 5.78 Å². The molecule has 0 spiro atoms. The average molecular weight is 288 g/mol. The van der Waals surface area contributed by atoms with Crippen molar-refractivity contribution in [2.45, 2.75) is 34.6 Å². The minimum Gasteiger partial charge on any atom is -0.485 e. The molecule has 0 fully saturated rings. The fraction of sp³-hybridized carbons (Fsp3) is 0.353. The maximum absolute atomic E-state index is 12.2. The molecule has 1 aromatic heterocycles. The molecule has 0 saturated heterocycles. The highest BCUT2D eigenvalue weighted by molar-refractivity contribution is 7.12. The van der Waals surface area contributed by atoms with Gasteiger partial charge in [0.1, 0.15) is 5.75 Å². The number of carbonyl (C=O) groups excluding carboxylic acids is 1. The zero-order valence-corrected chi connectivity index (χ0v) is 13.5. The van der Waals surface area contributed by atoms with E-state index in [9.17, 15) is 4.79 Å². The van der Waals surface area contributed by atoms with E-state index in [0.29, 0.717) is 0 Å². The second-order valence-corrected chi connectivity index (χ2v) is 6.65. The first-order valence-corrected chi connectivity index (χ1v) is 7.51. The van der Waals surface area contributed by atoms with Gasteiger partial charge < -0.3 is 4.74 Å². The molecule has 2 nitrogen and oxygen atoms in total. The molecular weight excluding hydrogens is 268 g/mol. The number of Topliss-reactive ketones (excluding diaryl/α,β-unsaturated/α-hetero) is 1. The SMILES string of the molecule is Cc1cc(C(=O)COc2c(C)ccc(C)c2C)c(C)s1. The number of carbonyl (C=O) groups is 1. The highest BCUT2D eigenvalue weighted by Crippen LogP contribution is 2.26. The van der Waals surface area contributed by atoms with Crippen LogP contribution in [0.3, 0.4) is 0 Å². The van der Waals surface area contributed by atoms with E-state index in [4.69, 9.17) is 4.74 Å². The number of hydrogen-bond donors (Lipinski definition) is 0. The normalized spacial score (nSPS) is 10.7. The fourth-order valence-corrected chi connectivity index (χ4v) is 3.21. The van der Waals surface area contributed by atoms with Crippen molar-refractivity contribution in [3.63, 3.8) is 0 Å². The van der Waals surface area contributed by atoms with Gasteiger partial charge in [-0.25, -0.2) is 0 Å². The van der Waals surface area contributed by atoms with Gasteiger partial charge in [0.05, 0.1) is 0 Å². The summed E-state index contributed by atoms with van der Waals surface area (Å²) in [4.78, 5) is 14.5. The summed E-state index contributed by atoms with van der Waals surface area (Å²) in [5.74, 6) is 0.884. The lowest BCUT2D eigenvalue weighted by Crippen LogP contribution is -2.13. The third-order valence-corrected chi connectivity index (χ3v) is 4.53. The molecule has 2 rings (SSSR count). The van der Waals surface area contributed by atoms with Gasteiger partial charge in [-0.3, -0.25) is 4.79 Å². The minimum absolute atomic E-state index is 0.0483. The second-order valence-electron chi connectivity index (χ2n) is 5.19. The molecule has 20 heavy (non-hydrogen) atoms. The number of aryl methyl sites for hydroxylation is 4. The standard InChI is InChI=1S/C17H20O2S/c1-10-6-7-11(2)17(13(10)4)19-9-16(18)15-8-12(3)20-14(15)5/h6-8H,9H2,1-5H3. The van der Waals surface area contributed by atoms with Crippen LogP contribution in [0.5, 0.6) is 5.75 Å². The number of rotatable bonds is 4. The molecule has 106 valence electrons. The van der Waals surface area contributed by atoms with E-state index in [1.54, 1.807) is 11.3 Å². The van der Waals surface area contributed by atoms with Gasteiger partial charge in [-0.15, -0.1) is 11.3 Å². The van der Waals surface area contributed by atoms with Gasteiger partial charge in [-0.1, -0.05) is 12.1 Å². The van der Waals surface area contributed by atoms with Crippen LogP contribution in [-0.2, 0) is 0 Å². The summed E-state index contributed by atoms with van der Waals surface area (Å²) in [6.07, 6.45) is 0. The Morgan fingerprint density at radius 3 is 2.35 bits per heavy atom.